The summed E-state index contributed by atoms with van der Waals surface area (Å²) in [6.07, 6.45) is 4.67. The van der Waals surface area contributed by atoms with Gasteiger partial charge in [0, 0.05) is 12.6 Å². The van der Waals surface area contributed by atoms with Crippen molar-refractivity contribution in [2.24, 2.45) is 5.92 Å². The zero-order valence-corrected chi connectivity index (χ0v) is 12.5. The maximum atomic E-state index is 11.9. The van der Waals surface area contributed by atoms with Gasteiger partial charge in [0.2, 0.25) is 0 Å². The van der Waals surface area contributed by atoms with Crippen LogP contribution in [0.15, 0.2) is 30.3 Å². The van der Waals surface area contributed by atoms with Crippen molar-refractivity contribution in [2.45, 2.75) is 38.3 Å². The van der Waals surface area contributed by atoms with Crippen LogP contribution in [-0.2, 0) is 11.3 Å². The lowest BCUT2D eigenvalue weighted by Gasteiger charge is -2.39. The Balaban J connectivity index is 1.38. The van der Waals surface area contributed by atoms with Gasteiger partial charge in [-0.2, -0.15) is 0 Å². The van der Waals surface area contributed by atoms with Gasteiger partial charge >= 0.3 is 6.09 Å². The third-order valence-corrected chi connectivity index (χ3v) is 4.62. The molecule has 1 aromatic rings. The molecule has 1 aromatic carbocycles. The number of hydrogen-bond donors (Lipinski definition) is 1. The Bertz CT molecular complexity index is 457. The normalized spacial score (nSPS) is 25.3. The van der Waals surface area contributed by atoms with Gasteiger partial charge in [-0.1, -0.05) is 30.3 Å². The van der Waals surface area contributed by atoms with Crippen LogP contribution in [0.2, 0.25) is 0 Å². The Hall–Kier alpha value is -1.55. The second-order valence-corrected chi connectivity index (χ2v) is 6.16. The van der Waals surface area contributed by atoms with E-state index in [2.05, 4.69) is 10.2 Å². The van der Waals surface area contributed by atoms with E-state index < -0.39 is 0 Å². The molecule has 1 aliphatic carbocycles. The summed E-state index contributed by atoms with van der Waals surface area (Å²) in [6.45, 7) is 3.92. The number of alkyl carbamates (subject to hydrolysis) is 1. The van der Waals surface area contributed by atoms with Gasteiger partial charge < -0.3 is 15.0 Å². The van der Waals surface area contributed by atoms with Crippen molar-refractivity contribution < 1.29 is 9.53 Å². The Morgan fingerprint density at radius 3 is 2.62 bits per heavy atom. The van der Waals surface area contributed by atoms with E-state index >= 15 is 0 Å². The summed E-state index contributed by atoms with van der Waals surface area (Å²) >= 11 is 0. The average Bonchev–Trinajstić information content (AvgIpc) is 3.01. The monoisotopic (exact) mass is 288 g/mol. The fourth-order valence-electron chi connectivity index (χ4n) is 3.19. The van der Waals surface area contributed by atoms with E-state index in [4.69, 9.17) is 4.74 Å². The standard InChI is InChI=1S/C17H24N2O2/c20-17(21-13-14-6-2-1-3-7-14)18-16-9-8-15(16)12-19-10-4-5-11-19/h1-3,6-7,15-16H,4-5,8-13H2,(H,18,20)/t15-,16-/m0/s1. The van der Waals surface area contributed by atoms with E-state index in [-0.39, 0.29) is 6.09 Å². The molecular weight excluding hydrogens is 264 g/mol. The quantitative estimate of drug-likeness (QED) is 0.906. The first-order chi connectivity index (χ1) is 10.3. The minimum atomic E-state index is -0.282. The molecule has 0 bridgehead atoms. The third-order valence-electron chi connectivity index (χ3n) is 4.62. The van der Waals surface area contributed by atoms with Crippen molar-refractivity contribution in [1.82, 2.24) is 10.2 Å². The van der Waals surface area contributed by atoms with Gasteiger partial charge in [-0.25, -0.2) is 4.79 Å². The van der Waals surface area contributed by atoms with Crippen molar-refractivity contribution in [3.63, 3.8) is 0 Å². The summed E-state index contributed by atoms with van der Waals surface area (Å²) in [5.41, 5.74) is 1.02. The minimum Gasteiger partial charge on any atom is -0.445 e. The molecule has 2 aliphatic rings. The molecule has 3 rings (SSSR count). The van der Waals surface area contributed by atoms with E-state index in [1.54, 1.807) is 0 Å². The molecule has 0 radical (unpaired) electrons. The van der Waals surface area contributed by atoms with Crippen LogP contribution in [0, 0.1) is 5.92 Å². The van der Waals surface area contributed by atoms with Crippen LogP contribution in [0.1, 0.15) is 31.2 Å². The largest absolute Gasteiger partial charge is 0.445 e. The highest BCUT2D eigenvalue weighted by molar-refractivity contribution is 5.67. The van der Waals surface area contributed by atoms with Crippen LogP contribution in [0.25, 0.3) is 0 Å². The van der Waals surface area contributed by atoms with Crippen LogP contribution < -0.4 is 5.32 Å². The molecule has 2 atom stereocenters. The average molecular weight is 288 g/mol. The molecule has 1 amide bonds. The van der Waals surface area contributed by atoms with E-state index in [0.717, 1.165) is 18.5 Å². The van der Waals surface area contributed by atoms with Gasteiger partial charge in [0.25, 0.3) is 0 Å². The molecule has 0 unspecified atom stereocenters. The van der Waals surface area contributed by atoms with Gasteiger partial charge in [-0.15, -0.1) is 0 Å². The lowest BCUT2D eigenvalue weighted by atomic mass is 9.79. The molecular formula is C17H24N2O2. The van der Waals surface area contributed by atoms with Gasteiger partial charge in [-0.05, 0) is 50.3 Å². The van der Waals surface area contributed by atoms with Gasteiger partial charge in [0.1, 0.15) is 6.61 Å². The maximum Gasteiger partial charge on any atom is 0.407 e. The van der Waals surface area contributed by atoms with Crippen LogP contribution in [0.3, 0.4) is 0 Å². The second kappa shape index (κ2) is 6.94. The number of ether oxygens (including phenoxy) is 1. The molecule has 1 saturated heterocycles. The molecule has 2 fully saturated rings. The highest BCUT2D eigenvalue weighted by Crippen LogP contribution is 2.29. The summed E-state index contributed by atoms with van der Waals surface area (Å²) in [7, 11) is 0. The summed E-state index contributed by atoms with van der Waals surface area (Å²) < 4.78 is 5.29. The number of likely N-dealkylation sites (tertiary alicyclic amines) is 1. The number of nitrogens with one attached hydrogen (secondary N) is 1. The Morgan fingerprint density at radius 2 is 1.95 bits per heavy atom. The summed E-state index contributed by atoms with van der Waals surface area (Å²) in [5.74, 6) is 0.604. The summed E-state index contributed by atoms with van der Waals surface area (Å²) in [4.78, 5) is 14.4. The minimum absolute atomic E-state index is 0.282. The Kier molecular flexibility index (Phi) is 4.76. The second-order valence-electron chi connectivity index (χ2n) is 6.16. The van der Waals surface area contributed by atoms with E-state index in [0.29, 0.717) is 18.6 Å². The first-order valence-electron chi connectivity index (χ1n) is 8.01. The molecule has 1 aliphatic heterocycles. The Morgan fingerprint density at radius 1 is 1.19 bits per heavy atom. The number of carbonyl (C=O) groups excluding carboxylic acids is 1. The van der Waals surface area contributed by atoms with Crippen molar-refractivity contribution in [2.75, 3.05) is 19.6 Å². The highest BCUT2D eigenvalue weighted by Gasteiger charge is 2.34. The maximum absolute atomic E-state index is 11.9. The summed E-state index contributed by atoms with van der Waals surface area (Å²) in [6, 6.07) is 10.1. The zero-order chi connectivity index (χ0) is 14.5. The number of nitrogens with zero attached hydrogens (tertiary/aromatic N) is 1. The van der Waals surface area contributed by atoms with Crippen molar-refractivity contribution in [3.05, 3.63) is 35.9 Å². The topological polar surface area (TPSA) is 41.6 Å². The SMILES string of the molecule is O=C(N[C@H]1CC[C@H]1CN1CCCC1)OCc1ccccc1. The van der Waals surface area contributed by atoms with Crippen LogP contribution in [-0.4, -0.2) is 36.7 Å². The molecule has 21 heavy (non-hydrogen) atoms. The number of amides is 1. The number of benzene rings is 1. The molecule has 4 nitrogen and oxygen atoms in total. The van der Waals surface area contributed by atoms with Gasteiger partial charge in [-0.3, -0.25) is 0 Å². The molecule has 0 aromatic heterocycles. The van der Waals surface area contributed by atoms with E-state index in [1.807, 2.05) is 30.3 Å². The third kappa shape index (κ3) is 3.97. The smallest absolute Gasteiger partial charge is 0.407 e. The molecule has 114 valence electrons. The van der Waals surface area contributed by atoms with E-state index in [9.17, 15) is 4.79 Å². The van der Waals surface area contributed by atoms with Crippen LogP contribution in [0.5, 0.6) is 0 Å². The van der Waals surface area contributed by atoms with Crippen molar-refractivity contribution in [1.29, 1.82) is 0 Å². The van der Waals surface area contributed by atoms with Crippen LogP contribution in [0.4, 0.5) is 4.79 Å². The molecule has 1 N–H and O–H groups in total. The Labute approximate surface area is 126 Å². The lowest BCUT2D eigenvalue weighted by Crippen LogP contribution is -2.50. The molecule has 4 heteroatoms. The van der Waals surface area contributed by atoms with E-state index in [1.165, 1.54) is 32.4 Å². The van der Waals surface area contributed by atoms with Crippen LogP contribution >= 0.6 is 0 Å². The molecule has 1 heterocycles. The number of hydrogen-bond acceptors (Lipinski definition) is 3. The predicted octanol–water partition coefficient (Wildman–Crippen LogP) is 2.79. The summed E-state index contributed by atoms with van der Waals surface area (Å²) in [5, 5.41) is 3.02. The van der Waals surface area contributed by atoms with Crippen molar-refractivity contribution >= 4 is 6.09 Å². The number of carbonyl (C=O) groups is 1. The fraction of sp³-hybridized carbons (Fsp3) is 0.588. The first-order valence-corrected chi connectivity index (χ1v) is 8.01. The molecule has 0 spiro atoms. The highest BCUT2D eigenvalue weighted by atomic mass is 16.5. The number of rotatable bonds is 5. The predicted molar refractivity (Wildman–Crippen MR) is 81.9 cm³/mol. The van der Waals surface area contributed by atoms with Gasteiger partial charge in [0.05, 0.1) is 0 Å². The van der Waals surface area contributed by atoms with Gasteiger partial charge in [0.15, 0.2) is 0 Å². The lowest BCUT2D eigenvalue weighted by molar-refractivity contribution is 0.106. The van der Waals surface area contributed by atoms with Crippen molar-refractivity contribution in [3.8, 4) is 0 Å². The zero-order valence-electron chi connectivity index (χ0n) is 12.5. The first kappa shape index (κ1) is 14.4. The molecule has 1 saturated carbocycles. The fourth-order valence-corrected chi connectivity index (χ4v) is 3.19.